The molecule has 1 atom stereocenters. The fourth-order valence-electron chi connectivity index (χ4n) is 6.59. The first kappa shape index (κ1) is 32.4. The average Bonchev–Trinajstić information content (AvgIpc) is 3.04. The molecule has 238 valence electrons. The van der Waals surface area contributed by atoms with Crippen LogP contribution in [0.1, 0.15) is 75.1 Å². The van der Waals surface area contributed by atoms with Crippen LogP contribution in [-0.2, 0) is 15.1 Å². The highest BCUT2D eigenvalue weighted by Gasteiger charge is 2.40. The summed E-state index contributed by atoms with van der Waals surface area (Å²) in [5, 5.41) is 23.9. The number of rotatable bonds is 10. The van der Waals surface area contributed by atoms with Gasteiger partial charge in [-0.05, 0) is 107 Å². The number of aryl methyl sites for hydroxylation is 1. The molecule has 0 amide bonds. The fraction of sp³-hybridized carbons (Fsp3) is 0.500. The number of ether oxygens (including phenoxy) is 1. The number of aliphatic hydroxyl groups is 1. The van der Waals surface area contributed by atoms with Gasteiger partial charge >= 0.3 is 5.97 Å². The number of hydrogen-bond acceptors (Lipinski definition) is 8. The van der Waals surface area contributed by atoms with Crippen molar-refractivity contribution in [2.75, 3.05) is 31.7 Å². The molecule has 3 aromatic heterocycles. The summed E-state index contributed by atoms with van der Waals surface area (Å²) in [5.74, 6) is 0.267. The van der Waals surface area contributed by atoms with Gasteiger partial charge in [0, 0.05) is 23.5 Å². The van der Waals surface area contributed by atoms with Crippen molar-refractivity contribution in [1.29, 1.82) is 5.26 Å². The largest absolute Gasteiger partial charge is 0.415 e. The molecule has 5 rings (SSSR count). The Kier molecular flexibility index (Phi) is 10.0. The van der Waals surface area contributed by atoms with E-state index in [1.165, 1.54) is 18.3 Å². The highest BCUT2D eigenvalue weighted by molar-refractivity contribution is 5.72. The first-order chi connectivity index (χ1) is 21.6. The van der Waals surface area contributed by atoms with Gasteiger partial charge in [-0.3, -0.25) is 14.3 Å². The van der Waals surface area contributed by atoms with Gasteiger partial charge in [-0.15, -0.1) is 0 Å². The zero-order chi connectivity index (χ0) is 32.0. The van der Waals surface area contributed by atoms with Gasteiger partial charge in [-0.1, -0.05) is 0 Å². The van der Waals surface area contributed by atoms with Crippen molar-refractivity contribution in [1.82, 2.24) is 15.0 Å². The highest BCUT2D eigenvalue weighted by Crippen LogP contribution is 2.41. The van der Waals surface area contributed by atoms with Crippen molar-refractivity contribution in [2.24, 2.45) is 11.8 Å². The van der Waals surface area contributed by atoms with Crippen molar-refractivity contribution in [3.05, 3.63) is 65.6 Å². The number of aromatic nitrogens is 3. The van der Waals surface area contributed by atoms with Gasteiger partial charge in [0.25, 0.3) is 6.43 Å². The lowest BCUT2D eigenvalue weighted by Gasteiger charge is -2.39. The smallest absolute Gasteiger partial charge is 0.313 e. The number of pyridine rings is 3. The number of alkyl halides is 2. The number of carbonyl (C=O) groups excluding carboxylic acids is 1. The topological polar surface area (TPSA) is 121 Å². The number of nitrogens with one attached hydrogen (secondary N) is 1. The SMILES string of the molecule is Cc1cc(Nc2cc(C(F)F)ccn2)nc(-c2ccc([C@](C)(O)[C@H]3CC[C@H](C(=O)OC[N+]4(CC#N)CCCCC4)CC3)nc2)c1. The lowest BCUT2D eigenvalue weighted by Crippen LogP contribution is -2.53. The second kappa shape index (κ2) is 14.0. The molecule has 1 saturated heterocycles. The molecule has 0 aromatic carbocycles. The van der Waals surface area contributed by atoms with Crippen LogP contribution in [0.3, 0.4) is 0 Å². The third kappa shape index (κ3) is 7.81. The molecule has 2 aliphatic rings. The Morgan fingerprint density at radius 3 is 2.53 bits per heavy atom. The molecule has 1 aliphatic carbocycles. The summed E-state index contributed by atoms with van der Waals surface area (Å²) in [4.78, 5) is 26.3. The van der Waals surface area contributed by atoms with Crippen LogP contribution in [0.2, 0.25) is 0 Å². The molecule has 0 spiro atoms. The molecule has 2 fully saturated rings. The van der Waals surface area contributed by atoms with E-state index in [-0.39, 0.29) is 35.9 Å². The quantitative estimate of drug-likeness (QED) is 0.149. The predicted molar refractivity (Wildman–Crippen MR) is 165 cm³/mol. The summed E-state index contributed by atoms with van der Waals surface area (Å²) in [6.07, 6.45) is 6.27. The maximum absolute atomic E-state index is 13.1. The monoisotopic (exact) mass is 619 g/mol. The standard InChI is InChI=1S/C34H41F2N6O3/c1-23-18-28(40-31(19-23)41-30-20-25(32(35)36)12-14-38-30)26-8-11-29(39-21-26)34(2,44)27-9-6-24(7-10-27)33(43)45-22-42(17-13-37)15-4-3-5-16-42/h8,11-12,14,18-21,24,27,32,44H,3-7,9-10,15-17,22H2,1-2H3,(H,38,40,41)/q+1/t24-,27-,34-/m1/s1. The number of nitrogens with zero attached hydrogens (tertiary/aromatic N) is 5. The van der Waals surface area contributed by atoms with E-state index in [1.807, 2.05) is 19.1 Å². The molecule has 1 aliphatic heterocycles. The molecule has 0 bridgehead atoms. The Balaban J connectivity index is 1.19. The highest BCUT2D eigenvalue weighted by atomic mass is 19.3. The lowest BCUT2D eigenvalue weighted by molar-refractivity contribution is -0.941. The average molecular weight is 620 g/mol. The lowest BCUT2D eigenvalue weighted by atomic mass is 9.73. The molecule has 1 saturated carbocycles. The first-order valence-corrected chi connectivity index (χ1v) is 15.7. The van der Waals surface area contributed by atoms with Gasteiger partial charge in [-0.25, -0.2) is 18.7 Å². The van der Waals surface area contributed by atoms with Crippen LogP contribution >= 0.6 is 0 Å². The van der Waals surface area contributed by atoms with Crippen molar-refractivity contribution >= 4 is 17.6 Å². The molecule has 11 heteroatoms. The number of carbonyl (C=O) groups is 1. The second-order valence-corrected chi connectivity index (χ2v) is 12.7. The number of quaternary nitrogens is 1. The minimum absolute atomic E-state index is 0.0663. The van der Waals surface area contributed by atoms with Crippen LogP contribution in [0.25, 0.3) is 11.3 Å². The van der Waals surface area contributed by atoms with Crippen molar-refractivity contribution in [3.63, 3.8) is 0 Å². The predicted octanol–water partition coefficient (Wildman–Crippen LogP) is 6.57. The summed E-state index contributed by atoms with van der Waals surface area (Å²) in [6, 6.07) is 12.2. The second-order valence-electron chi connectivity index (χ2n) is 12.7. The maximum atomic E-state index is 13.1. The Labute approximate surface area is 262 Å². The minimum atomic E-state index is -2.60. The van der Waals surface area contributed by atoms with Gasteiger partial charge < -0.3 is 15.2 Å². The van der Waals surface area contributed by atoms with Gasteiger partial charge in [-0.2, -0.15) is 5.26 Å². The van der Waals surface area contributed by atoms with Gasteiger partial charge in [0.1, 0.15) is 23.3 Å². The normalized spacial score (nSPS) is 21.0. The van der Waals surface area contributed by atoms with Crippen LogP contribution in [-0.4, -0.2) is 56.9 Å². The zero-order valence-corrected chi connectivity index (χ0v) is 25.9. The summed E-state index contributed by atoms with van der Waals surface area (Å²) in [7, 11) is 0. The number of hydrogen-bond donors (Lipinski definition) is 2. The Morgan fingerprint density at radius 1 is 1.11 bits per heavy atom. The maximum Gasteiger partial charge on any atom is 0.313 e. The third-order valence-electron chi connectivity index (χ3n) is 9.35. The van der Waals surface area contributed by atoms with E-state index in [4.69, 9.17) is 4.74 Å². The molecule has 9 nitrogen and oxygen atoms in total. The van der Waals surface area contributed by atoms with Crippen molar-refractivity contribution in [3.8, 4) is 17.3 Å². The zero-order valence-electron chi connectivity index (χ0n) is 25.9. The van der Waals surface area contributed by atoms with E-state index in [1.54, 1.807) is 25.3 Å². The number of nitriles is 1. The fourth-order valence-corrected chi connectivity index (χ4v) is 6.59. The van der Waals surface area contributed by atoms with Crippen LogP contribution in [0.4, 0.5) is 20.4 Å². The van der Waals surface area contributed by atoms with Crippen molar-refractivity contribution in [2.45, 2.75) is 70.8 Å². The Morgan fingerprint density at radius 2 is 1.87 bits per heavy atom. The molecule has 2 N–H and O–H groups in total. The van der Waals surface area contributed by atoms with E-state index in [9.17, 15) is 23.9 Å². The van der Waals surface area contributed by atoms with Gasteiger partial charge in [0.05, 0.1) is 30.4 Å². The van der Waals surface area contributed by atoms with E-state index < -0.39 is 12.0 Å². The number of anilines is 2. The number of likely N-dealkylation sites (tertiary alicyclic amines) is 1. The number of halogens is 2. The van der Waals surface area contributed by atoms with Crippen LogP contribution < -0.4 is 5.32 Å². The summed E-state index contributed by atoms with van der Waals surface area (Å²) >= 11 is 0. The third-order valence-corrected chi connectivity index (χ3v) is 9.35. The molecule has 0 unspecified atom stereocenters. The van der Waals surface area contributed by atoms with Crippen LogP contribution in [0, 0.1) is 30.1 Å². The van der Waals surface area contributed by atoms with Crippen molar-refractivity contribution < 1.29 is 27.9 Å². The minimum Gasteiger partial charge on any atom is -0.415 e. The van der Waals surface area contributed by atoms with Crippen LogP contribution in [0.15, 0.2) is 48.8 Å². The van der Waals surface area contributed by atoms with Crippen LogP contribution in [0.5, 0.6) is 0 Å². The molecular formula is C34H41F2N6O3+. The van der Waals surface area contributed by atoms with E-state index in [2.05, 4.69) is 26.3 Å². The number of esters is 1. The summed E-state index contributed by atoms with van der Waals surface area (Å²) < 4.78 is 32.5. The summed E-state index contributed by atoms with van der Waals surface area (Å²) in [6.45, 7) is 6.06. The van der Waals surface area contributed by atoms with E-state index in [0.717, 1.165) is 43.5 Å². The van der Waals surface area contributed by atoms with Gasteiger partial charge in [0.2, 0.25) is 6.73 Å². The Hall–Kier alpha value is -4.01. The van der Waals surface area contributed by atoms with Gasteiger partial charge in [0.15, 0.2) is 6.54 Å². The first-order valence-electron chi connectivity index (χ1n) is 15.7. The van der Waals surface area contributed by atoms with E-state index >= 15 is 0 Å². The van der Waals surface area contributed by atoms with E-state index in [0.29, 0.717) is 53.9 Å². The molecule has 45 heavy (non-hydrogen) atoms. The summed E-state index contributed by atoms with van der Waals surface area (Å²) in [5.41, 5.74) is 1.54. The Bertz CT molecular complexity index is 1510. The molecule has 0 radical (unpaired) electrons. The molecule has 3 aromatic rings. The number of piperidine rings is 1. The molecular weight excluding hydrogens is 578 g/mol. The molecule has 4 heterocycles.